The summed E-state index contributed by atoms with van der Waals surface area (Å²) in [5.74, 6) is -0.450. The highest BCUT2D eigenvalue weighted by Gasteiger charge is 2.30. The Hall–Kier alpha value is -2.87. The van der Waals surface area contributed by atoms with E-state index in [-0.39, 0.29) is 0 Å². The van der Waals surface area contributed by atoms with E-state index in [0.717, 1.165) is 32.7 Å². The van der Waals surface area contributed by atoms with Crippen molar-refractivity contribution in [2.24, 2.45) is 0 Å². The first-order valence-corrected chi connectivity index (χ1v) is 8.79. The third-order valence-corrected chi connectivity index (χ3v) is 5.28. The summed E-state index contributed by atoms with van der Waals surface area (Å²) in [6.45, 7) is 1.86. The first-order valence-electron chi connectivity index (χ1n) is 7.97. The van der Waals surface area contributed by atoms with Crippen molar-refractivity contribution >= 4 is 38.6 Å². The zero-order valence-corrected chi connectivity index (χ0v) is 15.1. The summed E-state index contributed by atoms with van der Waals surface area (Å²) >= 11 is 1.47. The van der Waals surface area contributed by atoms with E-state index >= 15 is 0 Å². The minimum Gasteiger partial charge on any atom is -0.465 e. The van der Waals surface area contributed by atoms with Crippen molar-refractivity contribution in [1.29, 1.82) is 0 Å². The Balaban J connectivity index is 1.97. The number of carbonyl (C=O) groups is 1. The second-order valence-electron chi connectivity index (χ2n) is 5.99. The topological polar surface area (TPSA) is 44.1 Å². The van der Waals surface area contributed by atoms with Crippen LogP contribution >= 0.6 is 11.3 Å². The van der Waals surface area contributed by atoms with Gasteiger partial charge in [-0.1, -0.05) is 0 Å². The van der Waals surface area contributed by atoms with E-state index in [9.17, 15) is 18.0 Å². The number of hydrogen-bond donors (Lipinski definition) is 0. The maximum atomic E-state index is 12.9. The van der Waals surface area contributed by atoms with Gasteiger partial charge >= 0.3 is 12.1 Å². The number of alkyl halides is 3. The van der Waals surface area contributed by atoms with Gasteiger partial charge in [-0.15, -0.1) is 11.3 Å². The van der Waals surface area contributed by atoms with Crippen LogP contribution in [0.1, 0.15) is 20.9 Å². The fourth-order valence-electron chi connectivity index (χ4n) is 3.08. The molecule has 4 nitrogen and oxygen atoms in total. The van der Waals surface area contributed by atoms with Gasteiger partial charge in [-0.25, -0.2) is 9.78 Å². The molecule has 0 radical (unpaired) electrons. The molecule has 0 aliphatic heterocycles. The Morgan fingerprint density at radius 1 is 1.15 bits per heavy atom. The molecule has 0 unspecified atom stereocenters. The Morgan fingerprint density at radius 3 is 2.48 bits per heavy atom. The van der Waals surface area contributed by atoms with Crippen LogP contribution < -0.4 is 0 Å². The van der Waals surface area contributed by atoms with E-state index < -0.39 is 17.7 Å². The van der Waals surface area contributed by atoms with Gasteiger partial charge in [-0.05, 0) is 49.4 Å². The number of carbonyl (C=O) groups excluding carboxylic acids is 1. The standard InChI is InChI=1S/C19H13F3N2O2S/c1-10-23-17-16(27-10)14-9-11(18(25)26-2)3-8-15(14)24(17)13-6-4-12(5-7-13)19(20,21)22/h3-9H,1-2H3. The molecule has 0 saturated heterocycles. The van der Waals surface area contributed by atoms with Crippen molar-refractivity contribution in [3.63, 3.8) is 0 Å². The Morgan fingerprint density at radius 2 is 1.85 bits per heavy atom. The van der Waals surface area contributed by atoms with E-state index in [0.29, 0.717) is 16.9 Å². The van der Waals surface area contributed by atoms with Crippen LogP contribution in [-0.2, 0) is 10.9 Å². The molecule has 0 bridgehead atoms. The van der Waals surface area contributed by atoms with Gasteiger partial charge in [0.15, 0.2) is 5.65 Å². The molecule has 8 heteroatoms. The van der Waals surface area contributed by atoms with E-state index in [1.807, 2.05) is 6.92 Å². The molecular weight excluding hydrogens is 377 g/mol. The molecule has 0 aliphatic rings. The maximum Gasteiger partial charge on any atom is 0.416 e. The highest BCUT2D eigenvalue weighted by Crippen LogP contribution is 2.37. The highest BCUT2D eigenvalue weighted by atomic mass is 32.1. The molecule has 2 aromatic carbocycles. The number of aromatic nitrogens is 2. The Labute approximate surface area is 155 Å². The lowest BCUT2D eigenvalue weighted by atomic mass is 10.1. The molecule has 0 atom stereocenters. The molecule has 4 rings (SSSR count). The molecule has 2 heterocycles. The van der Waals surface area contributed by atoms with Gasteiger partial charge in [-0.3, -0.25) is 4.57 Å². The van der Waals surface area contributed by atoms with Crippen molar-refractivity contribution in [2.75, 3.05) is 7.11 Å². The molecule has 0 fully saturated rings. The molecule has 4 aromatic rings. The molecule has 0 amide bonds. The van der Waals surface area contributed by atoms with Crippen LogP contribution in [0.4, 0.5) is 13.2 Å². The first kappa shape index (κ1) is 17.5. The lowest BCUT2D eigenvalue weighted by molar-refractivity contribution is -0.137. The smallest absolute Gasteiger partial charge is 0.416 e. The third-order valence-electron chi connectivity index (χ3n) is 4.28. The minimum atomic E-state index is -4.39. The Bertz CT molecular complexity index is 1170. The fourth-order valence-corrected chi connectivity index (χ4v) is 4.00. The predicted octanol–water partition coefficient (Wildman–Crippen LogP) is 5.35. The largest absolute Gasteiger partial charge is 0.465 e. The number of hydrogen-bond acceptors (Lipinski definition) is 4. The zero-order chi connectivity index (χ0) is 19.3. The van der Waals surface area contributed by atoms with Crippen LogP contribution in [0.15, 0.2) is 42.5 Å². The number of esters is 1. The summed E-state index contributed by atoms with van der Waals surface area (Å²) < 4.78 is 46.0. The van der Waals surface area contributed by atoms with E-state index in [1.165, 1.54) is 30.6 Å². The predicted molar refractivity (Wildman–Crippen MR) is 97.5 cm³/mol. The number of methoxy groups -OCH3 is 1. The van der Waals surface area contributed by atoms with Gasteiger partial charge in [0.1, 0.15) is 0 Å². The van der Waals surface area contributed by atoms with Crippen LogP contribution in [0.2, 0.25) is 0 Å². The van der Waals surface area contributed by atoms with Crippen LogP contribution in [0.5, 0.6) is 0 Å². The van der Waals surface area contributed by atoms with Crippen LogP contribution in [0.3, 0.4) is 0 Å². The van der Waals surface area contributed by atoms with E-state index in [2.05, 4.69) is 4.98 Å². The van der Waals surface area contributed by atoms with Crippen molar-refractivity contribution in [3.8, 4) is 5.69 Å². The lowest BCUT2D eigenvalue weighted by Crippen LogP contribution is -2.05. The van der Waals surface area contributed by atoms with Crippen LogP contribution in [-0.4, -0.2) is 22.6 Å². The molecule has 138 valence electrons. The number of fused-ring (bicyclic) bond motifs is 3. The second-order valence-corrected chi connectivity index (χ2v) is 7.19. The van der Waals surface area contributed by atoms with Gasteiger partial charge < -0.3 is 4.74 Å². The second kappa shape index (κ2) is 6.09. The van der Waals surface area contributed by atoms with Gasteiger partial charge in [0.2, 0.25) is 0 Å². The molecule has 0 spiro atoms. The molecule has 0 saturated carbocycles. The number of ether oxygens (including phenoxy) is 1. The van der Waals surface area contributed by atoms with Crippen molar-refractivity contribution in [3.05, 3.63) is 58.6 Å². The van der Waals surface area contributed by atoms with Crippen LogP contribution in [0.25, 0.3) is 26.9 Å². The number of halogens is 3. The summed E-state index contributed by atoms with van der Waals surface area (Å²) in [6.07, 6.45) is -4.39. The summed E-state index contributed by atoms with van der Waals surface area (Å²) in [5.41, 5.74) is 1.67. The summed E-state index contributed by atoms with van der Waals surface area (Å²) in [4.78, 5) is 16.4. The molecule has 2 aromatic heterocycles. The van der Waals surface area contributed by atoms with Gasteiger partial charge in [0.05, 0.1) is 33.5 Å². The maximum absolute atomic E-state index is 12.9. The summed E-state index contributed by atoms with van der Waals surface area (Å²) in [7, 11) is 1.31. The van der Waals surface area contributed by atoms with Crippen molar-refractivity contribution in [1.82, 2.24) is 9.55 Å². The number of benzene rings is 2. The number of aryl methyl sites for hydroxylation is 1. The first-order chi connectivity index (χ1) is 12.8. The molecule has 0 aliphatic carbocycles. The number of nitrogens with zero attached hydrogens (tertiary/aromatic N) is 2. The van der Waals surface area contributed by atoms with Crippen molar-refractivity contribution in [2.45, 2.75) is 13.1 Å². The Kier molecular flexibility index (Phi) is 3.96. The number of thiazole rings is 1. The average molecular weight is 390 g/mol. The monoisotopic (exact) mass is 390 g/mol. The zero-order valence-electron chi connectivity index (χ0n) is 14.3. The quantitative estimate of drug-likeness (QED) is 0.433. The SMILES string of the molecule is COC(=O)c1ccc2c(c1)c1sc(C)nc1n2-c1ccc(C(F)(F)F)cc1. The van der Waals surface area contributed by atoms with E-state index in [4.69, 9.17) is 4.74 Å². The molecular formula is C19H13F3N2O2S. The summed E-state index contributed by atoms with van der Waals surface area (Å²) in [5, 5.41) is 1.63. The van der Waals surface area contributed by atoms with Gasteiger partial charge in [0, 0.05) is 11.1 Å². The lowest BCUT2D eigenvalue weighted by Gasteiger charge is -2.10. The van der Waals surface area contributed by atoms with E-state index in [1.54, 1.807) is 22.8 Å². The highest BCUT2D eigenvalue weighted by molar-refractivity contribution is 7.19. The normalized spacial score (nSPS) is 12.0. The van der Waals surface area contributed by atoms with Gasteiger partial charge in [-0.2, -0.15) is 13.2 Å². The summed E-state index contributed by atoms with van der Waals surface area (Å²) in [6, 6.07) is 10.1. The van der Waals surface area contributed by atoms with Crippen LogP contribution in [0, 0.1) is 6.92 Å². The fraction of sp³-hybridized carbons (Fsp3) is 0.158. The average Bonchev–Trinajstić information content (AvgIpc) is 3.14. The third kappa shape index (κ3) is 2.86. The van der Waals surface area contributed by atoms with Gasteiger partial charge in [0.25, 0.3) is 0 Å². The molecule has 27 heavy (non-hydrogen) atoms. The minimum absolute atomic E-state index is 0.405. The van der Waals surface area contributed by atoms with Crippen molar-refractivity contribution < 1.29 is 22.7 Å². The number of rotatable bonds is 2. The molecule has 0 N–H and O–H groups in total.